The van der Waals surface area contributed by atoms with Gasteiger partial charge in [0.25, 0.3) is 0 Å². The molecule has 0 saturated carbocycles. The summed E-state index contributed by atoms with van der Waals surface area (Å²) in [6.45, 7) is 2.19. The second-order valence-electron chi connectivity index (χ2n) is 4.75. The van der Waals surface area contributed by atoms with Gasteiger partial charge in [-0.1, -0.05) is 39.0 Å². The number of nitrogen functional groups attached to an aromatic ring is 2. The lowest BCUT2D eigenvalue weighted by Crippen LogP contribution is -1.97. The Morgan fingerprint density at radius 1 is 0.889 bits per heavy atom. The predicted molar refractivity (Wildman–Crippen MR) is 75.7 cm³/mol. The smallest absolute Gasteiger partial charge is 0.145 e. The Balaban J connectivity index is 2.52. The molecule has 0 aliphatic carbocycles. The van der Waals surface area contributed by atoms with Crippen LogP contribution in [-0.2, 0) is 6.42 Å². The molecule has 0 aromatic heterocycles. The lowest BCUT2D eigenvalue weighted by atomic mass is 10.0. The van der Waals surface area contributed by atoms with E-state index in [9.17, 15) is 10.2 Å². The fourth-order valence-corrected chi connectivity index (χ4v) is 2.08. The summed E-state index contributed by atoms with van der Waals surface area (Å²) in [7, 11) is 0. The molecule has 1 aromatic rings. The van der Waals surface area contributed by atoms with Gasteiger partial charge in [0.05, 0.1) is 11.4 Å². The highest BCUT2D eigenvalue weighted by atomic mass is 16.3. The van der Waals surface area contributed by atoms with Gasteiger partial charge in [-0.05, 0) is 18.9 Å². The number of phenolic OH excluding ortho intramolecular Hbond substituents is 2. The van der Waals surface area contributed by atoms with Gasteiger partial charge in [0.2, 0.25) is 0 Å². The highest BCUT2D eigenvalue weighted by molar-refractivity contribution is 5.71. The number of hydrogen-bond donors (Lipinski definition) is 4. The van der Waals surface area contributed by atoms with E-state index in [1.165, 1.54) is 31.7 Å². The van der Waals surface area contributed by atoms with Crippen LogP contribution in [0.1, 0.15) is 51.0 Å². The summed E-state index contributed by atoms with van der Waals surface area (Å²) < 4.78 is 0. The molecule has 6 N–H and O–H groups in total. The Kier molecular flexibility index (Phi) is 5.62. The van der Waals surface area contributed by atoms with Gasteiger partial charge in [-0.15, -0.1) is 0 Å². The van der Waals surface area contributed by atoms with Crippen LogP contribution in [0.2, 0.25) is 0 Å². The lowest BCUT2D eigenvalue weighted by molar-refractivity contribution is 0.439. The van der Waals surface area contributed by atoms with E-state index >= 15 is 0 Å². The maximum atomic E-state index is 9.80. The van der Waals surface area contributed by atoms with Gasteiger partial charge in [-0.3, -0.25) is 0 Å². The van der Waals surface area contributed by atoms with Gasteiger partial charge in [0, 0.05) is 5.56 Å². The SMILES string of the molecule is CCCCCCCCc1c(O)c(N)cc(N)c1O. The Morgan fingerprint density at radius 3 is 1.94 bits per heavy atom. The predicted octanol–water partition coefficient (Wildman–Crippen LogP) is 3.17. The van der Waals surface area contributed by atoms with Crippen molar-refractivity contribution in [3.8, 4) is 11.5 Å². The average molecular weight is 252 g/mol. The number of phenols is 2. The number of aromatic hydroxyl groups is 2. The molecule has 0 radical (unpaired) electrons. The average Bonchev–Trinajstić information content (AvgIpc) is 2.35. The lowest BCUT2D eigenvalue weighted by Gasteiger charge is -2.11. The van der Waals surface area contributed by atoms with Gasteiger partial charge in [0.15, 0.2) is 0 Å². The van der Waals surface area contributed by atoms with Crippen LogP contribution in [0.4, 0.5) is 11.4 Å². The molecule has 0 unspecified atom stereocenters. The number of nitrogens with two attached hydrogens (primary N) is 2. The van der Waals surface area contributed by atoms with Crippen LogP contribution < -0.4 is 11.5 Å². The minimum absolute atomic E-state index is 0.0322. The van der Waals surface area contributed by atoms with Gasteiger partial charge in [-0.2, -0.15) is 0 Å². The van der Waals surface area contributed by atoms with E-state index in [0.717, 1.165) is 12.8 Å². The second kappa shape index (κ2) is 6.99. The number of hydrogen-bond acceptors (Lipinski definition) is 4. The Labute approximate surface area is 109 Å². The molecule has 0 aliphatic rings. The van der Waals surface area contributed by atoms with E-state index in [0.29, 0.717) is 12.0 Å². The zero-order valence-electron chi connectivity index (χ0n) is 11.1. The monoisotopic (exact) mass is 252 g/mol. The molecule has 102 valence electrons. The van der Waals surface area contributed by atoms with E-state index in [-0.39, 0.29) is 22.9 Å². The first-order valence-electron chi connectivity index (χ1n) is 6.66. The molecular formula is C14H24N2O2. The van der Waals surface area contributed by atoms with Gasteiger partial charge in [-0.25, -0.2) is 0 Å². The third-order valence-corrected chi connectivity index (χ3v) is 3.21. The molecule has 0 atom stereocenters. The first-order valence-corrected chi connectivity index (χ1v) is 6.66. The minimum atomic E-state index is -0.0322. The van der Waals surface area contributed by atoms with Gasteiger partial charge < -0.3 is 21.7 Å². The molecule has 4 nitrogen and oxygen atoms in total. The second-order valence-corrected chi connectivity index (χ2v) is 4.75. The molecule has 18 heavy (non-hydrogen) atoms. The first-order chi connectivity index (χ1) is 8.57. The van der Waals surface area contributed by atoms with Crippen LogP contribution in [0.15, 0.2) is 6.07 Å². The van der Waals surface area contributed by atoms with E-state index < -0.39 is 0 Å². The minimum Gasteiger partial charge on any atom is -0.505 e. The summed E-state index contributed by atoms with van der Waals surface area (Å²) in [4.78, 5) is 0. The molecule has 0 heterocycles. The van der Waals surface area contributed by atoms with E-state index in [1.54, 1.807) is 0 Å². The summed E-state index contributed by atoms with van der Waals surface area (Å²) in [5.74, 6) is -0.0643. The molecule has 0 spiro atoms. The highest BCUT2D eigenvalue weighted by Gasteiger charge is 2.13. The van der Waals surface area contributed by atoms with Crippen LogP contribution in [0.25, 0.3) is 0 Å². The molecule has 0 saturated heterocycles. The molecule has 1 aromatic carbocycles. The van der Waals surface area contributed by atoms with Crippen LogP contribution in [0.3, 0.4) is 0 Å². The summed E-state index contributed by atoms with van der Waals surface area (Å²) in [5, 5.41) is 19.6. The molecular weight excluding hydrogens is 228 g/mol. The van der Waals surface area contributed by atoms with Crippen LogP contribution in [0, 0.1) is 0 Å². The van der Waals surface area contributed by atoms with E-state index in [4.69, 9.17) is 11.5 Å². The normalized spacial score (nSPS) is 10.7. The fourth-order valence-electron chi connectivity index (χ4n) is 2.08. The largest absolute Gasteiger partial charge is 0.505 e. The zero-order chi connectivity index (χ0) is 13.5. The highest BCUT2D eigenvalue weighted by Crippen LogP contribution is 2.38. The molecule has 4 heteroatoms. The first kappa shape index (κ1) is 14.5. The van der Waals surface area contributed by atoms with Crippen molar-refractivity contribution in [3.63, 3.8) is 0 Å². The Morgan fingerprint density at radius 2 is 1.39 bits per heavy atom. The van der Waals surface area contributed by atoms with Crippen molar-refractivity contribution < 1.29 is 10.2 Å². The maximum Gasteiger partial charge on any atom is 0.145 e. The number of unbranched alkanes of at least 4 members (excludes halogenated alkanes) is 5. The van der Waals surface area contributed by atoms with Crippen molar-refractivity contribution in [2.45, 2.75) is 51.9 Å². The molecule has 0 amide bonds. The molecule has 0 aliphatic heterocycles. The molecule has 0 fully saturated rings. The summed E-state index contributed by atoms with van der Waals surface area (Å²) in [5.41, 5.74) is 12.2. The van der Waals surface area contributed by atoms with Crippen molar-refractivity contribution >= 4 is 11.4 Å². The fraction of sp³-hybridized carbons (Fsp3) is 0.571. The Hall–Kier alpha value is -1.58. The van der Waals surface area contributed by atoms with Crippen molar-refractivity contribution in [2.24, 2.45) is 0 Å². The van der Waals surface area contributed by atoms with Crippen molar-refractivity contribution in [3.05, 3.63) is 11.6 Å². The molecule has 1 rings (SSSR count). The summed E-state index contributed by atoms with van der Waals surface area (Å²) >= 11 is 0. The number of rotatable bonds is 7. The standard InChI is InChI=1S/C14H24N2O2/c1-2-3-4-5-6-7-8-10-13(17)11(15)9-12(16)14(10)18/h9,17-18H,2-8,15-16H2,1H3. The quantitative estimate of drug-likeness (QED) is 0.259. The van der Waals surface area contributed by atoms with Crippen LogP contribution >= 0.6 is 0 Å². The van der Waals surface area contributed by atoms with Crippen molar-refractivity contribution in [1.82, 2.24) is 0 Å². The third-order valence-electron chi connectivity index (χ3n) is 3.21. The number of benzene rings is 1. The third kappa shape index (κ3) is 3.72. The van der Waals surface area contributed by atoms with Crippen molar-refractivity contribution in [2.75, 3.05) is 11.5 Å². The summed E-state index contributed by atoms with van der Waals surface area (Å²) in [6.07, 6.45) is 7.55. The maximum absolute atomic E-state index is 9.80. The van der Waals surface area contributed by atoms with Gasteiger partial charge in [0.1, 0.15) is 11.5 Å². The number of anilines is 2. The zero-order valence-corrected chi connectivity index (χ0v) is 11.1. The Bertz CT molecular complexity index is 366. The summed E-state index contributed by atoms with van der Waals surface area (Å²) in [6, 6.07) is 1.38. The van der Waals surface area contributed by atoms with E-state index in [1.807, 2.05) is 0 Å². The van der Waals surface area contributed by atoms with Crippen molar-refractivity contribution in [1.29, 1.82) is 0 Å². The van der Waals surface area contributed by atoms with Gasteiger partial charge >= 0.3 is 0 Å². The van der Waals surface area contributed by atoms with E-state index in [2.05, 4.69) is 6.92 Å². The topological polar surface area (TPSA) is 92.5 Å². The molecule has 0 bridgehead atoms. The van der Waals surface area contributed by atoms with Crippen LogP contribution in [-0.4, -0.2) is 10.2 Å². The van der Waals surface area contributed by atoms with Crippen LogP contribution in [0.5, 0.6) is 11.5 Å².